The smallest absolute Gasteiger partial charge is 0.462 e. The van der Waals surface area contributed by atoms with Gasteiger partial charge in [-0.1, -0.05) is 317 Å². The SMILES string of the molecule is CCCCCCCCCCCCCCCCCCCC(=O)OC[C@H](COP(=O)(O)OC[C@@H](O)COP(=O)(O)OC[C@@H](COC(=O)CCCCCCCCC)OC(=O)CCCCCCCCCC)OC(=O)CCCCCCCCCCCCCCCCCCC. The Morgan fingerprint density at radius 2 is 0.449 bits per heavy atom. The van der Waals surface area contributed by atoms with Crippen LogP contribution in [0.3, 0.4) is 0 Å². The average molecular weight is 1310 g/mol. The molecular weight excluding hydrogens is 1170 g/mol. The van der Waals surface area contributed by atoms with Gasteiger partial charge in [0.15, 0.2) is 12.2 Å². The minimum atomic E-state index is -4.95. The lowest BCUT2D eigenvalue weighted by atomic mass is 10.0. The molecule has 0 fully saturated rings. The van der Waals surface area contributed by atoms with Crippen LogP contribution in [0.1, 0.15) is 368 Å². The molecule has 0 saturated carbocycles. The van der Waals surface area contributed by atoms with E-state index in [1.165, 1.54) is 180 Å². The highest BCUT2D eigenvalue weighted by atomic mass is 31.2. The van der Waals surface area contributed by atoms with Gasteiger partial charge in [0.25, 0.3) is 0 Å². The second kappa shape index (κ2) is 64.8. The van der Waals surface area contributed by atoms with Crippen LogP contribution in [0.25, 0.3) is 0 Å². The third-order valence-electron chi connectivity index (χ3n) is 16.4. The molecule has 0 aromatic carbocycles. The molecule has 0 aliphatic heterocycles. The van der Waals surface area contributed by atoms with E-state index in [0.29, 0.717) is 25.7 Å². The van der Waals surface area contributed by atoms with E-state index in [-0.39, 0.29) is 25.7 Å². The van der Waals surface area contributed by atoms with E-state index in [4.69, 9.17) is 37.0 Å². The lowest BCUT2D eigenvalue weighted by molar-refractivity contribution is -0.161. The molecule has 2 unspecified atom stereocenters. The lowest BCUT2D eigenvalue weighted by Crippen LogP contribution is -2.30. The molecule has 0 spiro atoms. The molecule has 19 heteroatoms. The van der Waals surface area contributed by atoms with Crippen molar-refractivity contribution in [2.45, 2.75) is 386 Å². The fourth-order valence-electron chi connectivity index (χ4n) is 10.7. The molecule has 0 aliphatic rings. The van der Waals surface area contributed by atoms with Crippen LogP contribution >= 0.6 is 15.6 Å². The van der Waals surface area contributed by atoms with Crippen molar-refractivity contribution in [1.82, 2.24) is 0 Å². The van der Waals surface area contributed by atoms with E-state index in [1.807, 2.05) is 0 Å². The van der Waals surface area contributed by atoms with Crippen LogP contribution < -0.4 is 0 Å². The standard InChI is InChI=1S/C70H136O17P2/c1-5-9-13-17-21-24-26-28-30-32-34-36-38-40-44-47-51-55-68(73)81-61-66(87-70(75)57-53-49-45-41-39-37-35-33-31-29-27-25-22-18-14-10-6-2)63-85-89(78,79)83-59-64(71)58-82-88(76,77)84-62-65(60-80-67(72)54-50-46-42-20-16-12-8-4)86-69(74)56-52-48-43-23-19-15-11-7-3/h64-66,71H,5-63H2,1-4H3,(H,76,77)(H,78,79)/t64-,65+,66+/m0/s1. The van der Waals surface area contributed by atoms with Gasteiger partial charge in [0, 0.05) is 25.7 Å². The van der Waals surface area contributed by atoms with Crippen molar-refractivity contribution in [2.75, 3.05) is 39.6 Å². The Morgan fingerprint density at radius 3 is 0.663 bits per heavy atom. The number of carbonyl (C=O) groups excluding carboxylic acids is 4. The van der Waals surface area contributed by atoms with Gasteiger partial charge in [0.05, 0.1) is 26.4 Å². The molecular formula is C70H136O17P2. The fourth-order valence-corrected chi connectivity index (χ4v) is 12.3. The summed E-state index contributed by atoms with van der Waals surface area (Å²) in [4.78, 5) is 72.3. The summed E-state index contributed by atoms with van der Waals surface area (Å²) in [6, 6.07) is 0. The third kappa shape index (κ3) is 64.6. The van der Waals surface area contributed by atoms with E-state index in [9.17, 15) is 43.2 Å². The number of esters is 4. The number of phosphoric ester groups is 2. The second-order valence-electron chi connectivity index (χ2n) is 25.3. The van der Waals surface area contributed by atoms with Gasteiger partial charge in [0.2, 0.25) is 0 Å². The van der Waals surface area contributed by atoms with Crippen molar-refractivity contribution >= 4 is 39.5 Å². The Kier molecular flexibility index (Phi) is 63.3. The molecule has 0 aromatic rings. The van der Waals surface area contributed by atoms with Gasteiger partial charge in [-0.2, -0.15) is 0 Å². The molecule has 528 valence electrons. The first-order chi connectivity index (χ1) is 43.2. The summed E-state index contributed by atoms with van der Waals surface area (Å²) in [5.41, 5.74) is 0. The number of hydrogen-bond acceptors (Lipinski definition) is 15. The summed E-state index contributed by atoms with van der Waals surface area (Å²) in [6.45, 7) is 4.88. The Labute approximate surface area is 543 Å². The maximum absolute atomic E-state index is 13.0. The predicted octanol–water partition coefficient (Wildman–Crippen LogP) is 20.3. The summed E-state index contributed by atoms with van der Waals surface area (Å²) < 4.78 is 68.1. The summed E-state index contributed by atoms with van der Waals surface area (Å²) >= 11 is 0. The number of aliphatic hydroxyl groups excluding tert-OH is 1. The molecule has 89 heavy (non-hydrogen) atoms. The number of carbonyl (C=O) groups is 4. The zero-order valence-electron chi connectivity index (χ0n) is 57.4. The minimum absolute atomic E-state index is 0.105. The summed E-state index contributed by atoms with van der Waals surface area (Å²) in [6.07, 6.45) is 53.0. The van der Waals surface area contributed by atoms with Crippen molar-refractivity contribution in [2.24, 2.45) is 0 Å². The van der Waals surface area contributed by atoms with Gasteiger partial charge in [-0.05, 0) is 25.7 Å². The summed E-state index contributed by atoms with van der Waals surface area (Å²) in [7, 11) is -9.89. The van der Waals surface area contributed by atoms with Gasteiger partial charge in [0.1, 0.15) is 19.3 Å². The molecule has 0 heterocycles. The highest BCUT2D eigenvalue weighted by Gasteiger charge is 2.30. The topological polar surface area (TPSA) is 237 Å². The van der Waals surface area contributed by atoms with E-state index in [0.717, 1.165) is 109 Å². The highest BCUT2D eigenvalue weighted by Crippen LogP contribution is 2.45. The van der Waals surface area contributed by atoms with Crippen molar-refractivity contribution in [3.8, 4) is 0 Å². The summed E-state index contributed by atoms with van der Waals surface area (Å²) in [5.74, 6) is -2.13. The first-order valence-corrected chi connectivity index (χ1v) is 39.8. The second-order valence-corrected chi connectivity index (χ2v) is 28.2. The van der Waals surface area contributed by atoms with E-state index in [2.05, 4.69) is 27.7 Å². The van der Waals surface area contributed by atoms with E-state index in [1.54, 1.807) is 0 Å². The number of hydrogen-bond donors (Lipinski definition) is 3. The largest absolute Gasteiger partial charge is 0.472 e. The Hall–Kier alpha value is -1.94. The molecule has 0 saturated heterocycles. The Bertz CT molecular complexity index is 1710. The number of phosphoric acid groups is 2. The molecule has 17 nitrogen and oxygen atoms in total. The van der Waals surface area contributed by atoms with Crippen molar-refractivity contribution in [1.29, 1.82) is 0 Å². The van der Waals surface area contributed by atoms with Crippen molar-refractivity contribution in [3.63, 3.8) is 0 Å². The molecule has 0 aromatic heterocycles. The predicted molar refractivity (Wildman–Crippen MR) is 359 cm³/mol. The van der Waals surface area contributed by atoms with Crippen molar-refractivity contribution < 1.29 is 80.2 Å². The first-order valence-electron chi connectivity index (χ1n) is 36.8. The van der Waals surface area contributed by atoms with Gasteiger partial charge in [-0.3, -0.25) is 37.3 Å². The van der Waals surface area contributed by atoms with Gasteiger partial charge in [-0.15, -0.1) is 0 Å². The normalized spacial score (nSPS) is 14.0. The van der Waals surface area contributed by atoms with Crippen LogP contribution in [0.2, 0.25) is 0 Å². The highest BCUT2D eigenvalue weighted by molar-refractivity contribution is 7.47. The number of aliphatic hydroxyl groups is 1. The van der Waals surface area contributed by atoms with Gasteiger partial charge < -0.3 is 33.8 Å². The van der Waals surface area contributed by atoms with E-state index >= 15 is 0 Å². The number of ether oxygens (including phenoxy) is 4. The van der Waals surface area contributed by atoms with Crippen LogP contribution in [-0.2, 0) is 65.4 Å². The molecule has 3 N–H and O–H groups in total. The maximum atomic E-state index is 13.0. The summed E-state index contributed by atoms with van der Waals surface area (Å²) in [5, 5.41) is 10.6. The molecule has 5 atom stereocenters. The van der Waals surface area contributed by atoms with Crippen LogP contribution in [0.15, 0.2) is 0 Å². The molecule has 0 amide bonds. The van der Waals surface area contributed by atoms with Crippen LogP contribution in [-0.4, -0.2) is 96.7 Å². The molecule has 0 rings (SSSR count). The maximum Gasteiger partial charge on any atom is 0.472 e. The van der Waals surface area contributed by atoms with Crippen LogP contribution in [0.4, 0.5) is 0 Å². The zero-order valence-corrected chi connectivity index (χ0v) is 59.2. The lowest BCUT2D eigenvalue weighted by Gasteiger charge is -2.21. The molecule has 0 aliphatic carbocycles. The zero-order chi connectivity index (χ0) is 65.4. The first kappa shape index (κ1) is 87.1. The Morgan fingerprint density at radius 1 is 0.270 bits per heavy atom. The molecule has 0 radical (unpaired) electrons. The number of unbranched alkanes of at least 4 members (excludes halogenated alkanes) is 45. The van der Waals surface area contributed by atoms with Crippen LogP contribution in [0, 0.1) is 0 Å². The van der Waals surface area contributed by atoms with E-state index < -0.39 is 97.5 Å². The fraction of sp³-hybridized carbons (Fsp3) is 0.943. The number of rotatable bonds is 71. The quantitative estimate of drug-likeness (QED) is 0.0222. The minimum Gasteiger partial charge on any atom is -0.462 e. The average Bonchev–Trinajstić information content (AvgIpc) is 3.56. The van der Waals surface area contributed by atoms with Crippen molar-refractivity contribution in [3.05, 3.63) is 0 Å². The molecule has 0 bridgehead atoms. The van der Waals surface area contributed by atoms with Gasteiger partial charge in [-0.25, -0.2) is 9.13 Å². The van der Waals surface area contributed by atoms with Gasteiger partial charge >= 0.3 is 39.5 Å². The van der Waals surface area contributed by atoms with Crippen LogP contribution in [0.5, 0.6) is 0 Å². The third-order valence-corrected chi connectivity index (χ3v) is 18.3. The Balaban J connectivity index is 5.15. The monoisotopic (exact) mass is 1310 g/mol.